The zero-order valence-corrected chi connectivity index (χ0v) is 17.9. The van der Waals surface area contributed by atoms with Crippen LogP contribution in [-0.2, 0) is 16.0 Å². The van der Waals surface area contributed by atoms with Gasteiger partial charge in [0.2, 0.25) is 0 Å². The first-order valence-corrected chi connectivity index (χ1v) is 10.3. The molecule has 1 atom stereocenters. The first-order chi connectivity index (χ1) is 13.3. The number of hydrogen-bond donors (Lipinski definition) is 2. The van der Waals surface area contributed by atoms with Crippen LogP contribution in [0.15, 0.2) is 4.79 Å². The van der Waals surface area contributed by atoms with Crippen LogP contribution in [0.25, 0.3) is 10.2 Å². The number of aliphatic hydroxyl groups excluding tert-OH is 1. The highest BCUT2D eigenvalue weighted by Gasteiger charge is 2.22. The number of aromatic amines is 1. The Balaban J connectivity index is 2.28. The summed E-state index contributed by atoms with van der Waals surface area (Å²) in [7, 11) is 0. The van der Waals surface area contributed by atoms with E-state index in [0.29, 0.717) is 46.2 Å². The van der Waals surface area contributed by atoms with Crippen molar-refractivity contribution in [2.45, 2.75) is 53.3 Å². The van der Waals surface area contributed by atoms with Crippen LogP contribution in [0.4, 0.5) is 0 Å². The van der Waals surface area contributed by atoms with Gasteiger partial charge in [-0.15, -0.1) is 11.3 Å². The maximum Gasteiger partial charge on any atom is 0.348 e. The standard InChI is InChI=1S/C19H29N3O5S/c1-6-26-10-13(23)8-22(11(3)4)9-14-20-17(24)15-12(5)16(19(25)27-7-2)28-18(15)21-14/h11,13,23H,6-10H2,1-5H3,(H,20,21,24)/t13-/m1/s1. The molecular weight excluding hydrogens is 382 g/mol. The zero-order chi connectivity index (χ0) is 20.8. The van der Waals surface area contributed by atoms with Gasteiger partial charge in [0.25, 0.3) is 5.56 Å². The van der Waals surface area contributed by atoms with Crippen molar-refractivity contribution in [3.8, 4) is 0 Å². The lowest BCUT2D eigenvalue weighted by Gasteiger charge is -2.28. The van der Waals surface area contributed by atoms with Gasteiger partial charge in [0.05, 0.1) is 31.2 Å². The first-order valence-electron chi connectivity index (χ1n) is 9.47. The number of aromatic nitrogens is 2. The Morgan fingerprint density at radius 3 is 2.64 bits per heavy atom. The van der Waals surface area contributed by atoms with Gasteiger partial charge in [0.1, 0.15) is 15.5 Å². The molecule has 8 nitrogen and oxygen atoms in total. The number of hydrogen-bond acceptors (Lipinski definition) is 8. The summed E-state index contributed by atoms with van der Waals surface area (Å²) in [5.74, 6) is 0.0540. The molecule has 0 spiro atoms. The van der Waals surface area contributed by atoms with E-state index in [1.807, 2.05) is 25.7 Å². The van der Waals surface area contributed by atoms with Crippen molar-refractivity contribution < 1.29 is 19.4 Å². The third-order valence-electron chi connectivity index (χ3n) is 4.35. The normalized spacial score (nSPS) is 12.9. The second-order valence-electron chi connectivity index (χ2n) is 6.81. The predicted molar refractivity (Wildman–Crippen MR) is 109 cm³/mol. The molecule has 0 aliphatic rings. The summed E-state index contributed by atoms with van der Waals surface area (Å²) in [6.07, 6.45) is -0.628. The molecule has 0 amide bonds. The molecule has 0 aromatic carbocycles. The van der Waals surface area contributed by atoms with E-state index in [0.717, 1.165) is 0 Å². The fraction of sp³-hybridized carbons (Fsp3) is 0.632. The van der Waals surface area contributed by atoms with Gasteiger partial charge in [0, 0.05) is 19.2 Å². The largest absolute Gasteiger partial charge is 0.462 e. The fourth-order valence-corrected chi connectivity index (χ4v) is 3.98. The molecule has 2 rings (SSSR count). The number of aliphatic hydroxyl groups is 1. The van der Waals surface area contributed by atoms with E-state index in [4.69, 9.17) is 9.47 Å². The van der Waals surface area contributed by atoms with Crippen molar-refractivity contribution in [3.05, 3.63) is 26.6 Å². The van der Waals surface area contributed by atoms with Crippen LogP contribution in [0.3, 0.4) is 0 Å². The van der Waals surface area contributed by atoms with Gasteiger partial charge in [-0.05, 0) is 40.2 Å². The fourth-order valence-electron chi connectivity index (χ4n) is 2.88. The molecule has 0 bridgehead atoms. The maximum absolute atomic E-state index is 12.6. The monoisotopic (exact) mass is 411 g/mol. The van der Waals surface area contributed by atoms with Gasteiger partial charge in [-0.1, -0.05) is 0 Å². The minimum Gasteiger partial charge on any atom is -0.462 e. The smallest absolute Gasteiger partial charge is 0.348 e. The molecule has 0 saturated carbocycles. The number of nitrogens with zero attached hydrogens (tertiary/aromatic N) is 2. The van der Waals surface area contributed by atoms with Crippen LogP contribution in [0, 0.1) is 6.92 Å². The highest BCUT2D eigenvalue weighted by Crippen LogP contribution is 2.27. The number of esters is 1. The third kappa shape index (κ3) is 5.38. The second kappa shape index (κ2) is 10.1. The second-order valence-corrected chi connectivity index (χ2v) is 7.80. The van der Waals surface area contributed by atoms with E-state index >= 15 is 0 Å². The minimum atomic E-state index is -0.628. The first kappa shape index (κ1) is 22.5. The Morgan fingerprint density at radius 2 is 2.04 bits per heavy atom. The number of thiophene rings is 1. The Bertz CT molecular complexity index is 861. The molecule has 2 heterocycles. The molecule has 2 N–H and O–H groups in total. The van der Waals surface area contributed by atoms with Gasteiger partial charge < -0.3 is 19.6 Å². The number of ether oxygens (including phenoxy) is 2. The number of rotatable bonds is 10. The molecule has 0 saturated heterocycles. The molecule has 28 heavy (non-hydrogen) atoms. The Hall–Kier alpha value is -1.81. The topological polar surface area (TPSA) is 105 Å². The van der Waals surface area contributed by atoms with Crippen molar-refractivity contribution in [2.24, 2.45) is 0 Å². The van der Waals surface area contributed by atoms with Crippen LogP contribution in [0.2, 0.25) is 0 Å². The molecule has 0 fully saturated rings. The summed E-state index contributed by atoms with van der Waals surface area (Å²) < 4.78 is 10.3. The molecule has 2 aromatic rings. The van der Waals surface area contributed by atoms with Crippen molar-refractivity contribution in [2.75, 3.05) is 26.4 Å². The van der Waals surface area contributed by atoms with Crippen LogP contribution < -0.4 is 5.56 Å². The van der Waals surface area contributed by atoms with E-state index in [2.05, 4.69) is 9.97 Å². The Kier molecular flexibility index (Phi) is 8.11. The third-order valence-corrected chi connectivity index (χ3v) is 5.52. The van der Waals surface area contributed by atoms with Crippen molar-refractivity contribution in [1.82, 2.24) is 14.9 Å². The summed E-state index contributed by atoms with van der Waals surface area (Å²) in [4.78, 5) is 35.0. The van der Waals surface area contributed by atoms with E-state index in [9.17, 15) is 14.7 Å². The van der Waals surface area contributed by atoms with Crippen LogP contribution in [0.5, 0.6) is 0 Å². The number of H-pyrrole nitrogens is 1. The van der Waals surface area contributed by atoms with E-state index in [1.165, 1.54) is 11.3 Å². The lowest BCUT2D eigenvalue weighted by molar-refractivity contribution is 0.0127. The van der Waals surface area contributed by atoms with Gasteiger partial charge in [-0.3, -0.25) is 9.69 Å². The van der Waals surface area contributed by atoms with Crippen LogP contribution in [-0.4, -0.2) is 64.5 Å². The lowest BCUT2D eigenvalue weighted by atomic mass is 10.2. The number of nitrogens with one attached hydrogen (secondary N) is 1. The van der Waals surface area contributed by atoms with Gasteiger partial charge >= 0.3 is 5.97 Å². The number of fused-ring (bicyclic) bond motifs is 1. The van der Waals surface area contributed by atoms with Gasteiger partial charge in [-0.2, -0.15) is 0 Å². The highest BCUT2D eigenvalue weighted by molar-refractivity contribution is 7.20. The molecule has 0 unspecified atom stereocenters. The van der Waals surface area contributed by atoms with Crippen molar-refractivity contribution in [1.29, 1.82) is 0 Å². The lowest BCUT2D eigenvalue weighted by Crippen LogP contribution is -2.39. The van der Waals surface area contributed by atoms with Crippen LogP contribution in [0.1, 0.15) is 48.8 Å². The Labute approximate surface area is 168 Å². The molecule has 9 heteroatoms. The molecule has 0 aliphatic heterocycles. The quantitative estimate of drug-likeness (QED) is 0.577. The molecule has 2 aromatic heterocycles. The molecule has 0 aliphatic carbocycles. The summed E-state index contributed by atoms with van der Waals surface area (Å²) in [6, 6.07) is 0.137. The SMILES string of the molecule is CCOC[C@H](O)CN(Cc1nc2sc(C(=O)OCC)c(C)c2c(=O)[nH]1)C(C)C. The van der Waals surface area contributed by atoms with Crippen molar-refractivity contribution >= 4 is 27.5 Å². The van der Waals surface area contributed by atoms with Gasteiger partial charge in [0.15, 0.2) is 0 Å². The summed E-state index contributed by atoms with van der Waals surface area (Å²) in [5.41, 5.74) is 0.314. The number of carbonyl (C=O) groups excluding carboxylic acids is 1. The summed E-state index contributed by atoms with van der Waals surface area (Å²) in [5, 5.41) is 10.6. The summed E-state index contributed by atoms with van der Waals surface area (Å²) in [6.45, 7) is 11.2. The molecular formula is C19H29N3O5S. The van der Waals surface area contributed by atoms with Crippen molar-refractivity contribution in [3.63, 3.8) is 0 Å². The van der Waals surface area contributed by atoms with Gasteiger partial charge in [-0.25, -0.2) is 9.78 Å². The minimum absolute atomic E-state index is 0.137. The number of aryl methyl sites for hydroxylation is 1. The molecule has 156 valence electrons. The van der Waals surface area contributed by atoms with Crippen LogP contribution >= 0.6 is 11.3 Å². The Morgan fingerprint density at radius 1 is 1.32 bits per heavy atom. The molecule has 0 radical (unpaired) electrons. The maximum atomic E-state index is 12.6. The summed E-state index contributed by atoms with van der Waals surface area (Å²) >= 11 is 1.17. The predicted octanol–water partition coefficient (Wildman–Crippen LogP) is 2.08. The van der Waals surface area contributed by atoms with E-state index in [-0.39, 0.29) is 24.8 Å². The van der Waals surface area contributed by atoms with E-state index in [1.54, 1.807) is 13.8 Å². The number of carbonyl (C=O) groups is 1. The zero-order valence-electron chi connectivity index (χ0n) is 17.1. The van der Waals surface area contributed by atoms with E-state index < -0.39 is 12.1 Å². The average Bonchev–Trinajstić information content (AvgIpc) is 2.96. The highest BCUT2D eigenvalue weighted by atomic mass is 32.1. The average molecular weight is 412 g/mol.